The number of carboxylic acids is 1. The van der Waals surface area contributed by atoms with Crippen molar-refractivity contribution in [2.45, 2.75) is 32.6 Å². The average Bonchev–Trinajstić information content (AvgIpc) is 2.25. The molecule has 0 amide bonds. The van der Waals surface area contributed by atoms with Gasteiger partial charge in [0.05, 0.1) is 0 Å². The molecule has 17 heavy (non-hydrogen) atoms. The van der Waals surface area contributed by atoms with E-state index in [2.05, 4.69) is 24.1 Å². The summed E-state index contributed by atoms with van der Waals surface area (Å²) in [6.07, 6.45) is 9.90. The summed E-state index contributed by atoms with van der Waals surface area (Å²) in [5.74, 6) is -1.62. The molecule has 0 aliphatic carbocycles. The molecule has 5 heteroatoms. The van der Waals surface area contributed by atoms with Gasteiger partial charge >= 0.3 is 35.5 Å². The van der Waals surface area contributed by atoms with Gasteiger partial charge in [0.1, 0.15) is 0 Å². The second kappa shape index (κ2) is 13.5. The molecule has 1 N–H and O–H groups in total. The summed E-state index contributed by atoms with van der Waals surface area (Å²) in [4.78, 5) is 13.8. The minimum absolute atomic E-state index is 0. The standard InChI is InChI=1S/C12H19NO3.Na/c1-2-3-4-5-6-7-10-13-11(14)8-9-12(15)16;/h4-5,8-9H,2-3,6-7,10H2,1H3,(H,13,14)(H,15,16);/q;+1/p-1/b5-4+,9-8+;. The van der Waals surface area contributed by atoms with Crippen LogP contribution in [0, 0.1) is 0 Å². The van der Waals surface area contributed by atoms with E-state index in [0.717, 1.165) is 37.8 Å². The van der Waals surface area contributed by atoms with E-state index in [4.69, 9.17) is 5.11 Å². The molecule has 0 radical (unpaired) electrons. The van der Waals surface area contributed by atoms with Crippen molar-refractivity contribution in [3.63, 3.8) is 0 Å². The molecule has 90 valence electrons. The fraction of sp³-hybridized carbons (Fsp3) is 0.500. The van der Waals surface area contributed by atoms with Gasteiger partial charge in [0, 0.05) is 12.6 Å². The minimum atomic E-state index is -1.13. The fourth-order valence-electron chi connectivity index (χ4n) is 0.996. The first kappa shape index (κ1) is 18.8. The van der Waals surface area contributed by atoms with E-state index >= 15 is 0 Å². The van der Waals surface area contributed by atoms with Gasteiger partial charge in [-0.3, -0.25) is 0 Å². The molecule has 0 saturated heterocycles. The predicted octanol–water partition coefficient (Wildman–Crippen LogP) is -1.47. The van der Waals surface area contributed by atoms with Gasteiger partial charge in [-0.2, -0.15) is 0 Å². The Balaban J connectivity index is 0. The Bertz CT molecular complexity index is 285. The van der Waals surface area contributed by atoms with Crippen molar-refractivity contribution < 1.29 is 44.6 Å². The van der Waals surface area contributed by atoms with Gasteiger partial charge in [-0.05, 0) is 31.2 Å². The van der Waals surface area contributed by atoms with Crippen LogP contribution in [-0.2, 0) is 4.79 Å². The molecule has 0 aromatic heterocycles. The van der Waals surface area contributed by atoms with E-state index in [1.54, 1.807) is 0 Å². The Morgan fingerprint density at radius 3 is 2.53 bits per heavy atom. The Kier molecular flexibility index (Phi) is 14.9. The van der Waals surface area contributed by atoms with Gasteiger partial charge in [-0.1, -0.05) is 25.5 Å². The number of unbranched alkanes of at least 4 members (excludes halogenated alkanes) is 2. The molecule has 0 aliphatic heterocycles. The van der Waals surface area contributed by atoms with Crippen LogP contribution in [0.5, 0.6) is 0 Å². The molecule has 0 unspecified atom stereocenters. The molecule has 0 heterocycles. The second-order valence-corrected chi connectivity index (χ2v) is 3.29. The van der Waals surface area contributed by atoms with Crippen molar-refractivity contribution in [3.05, 3.63) is 24.3 Å². The molecular formula is C12H18NNaO3. The summed E-state index contributed by atoms with van der Waals surface area (Å²) in [6, 6.07) is 0. The van der Waals surface area contributed by atoms with Crippen molar-refractivity contribution in [3.8, 4) is 0 Å². The number of carbonyl (C=O) groups is 1. The topological polar surface area (TPSA) is 72.7 Å². The summed E-state index contributed by atoms with van der Waals surface area (Å²) in [6.45, 7) is 2.56. The Morgan fingerprint density at radius 1 is 1.29 bits per heavy atom. The number of allylic oxidation sites excluding steroid dienone is 2. The number of aliphatic imine (C=N–C) groups is 1. The third-order valence-electron chi connectivity index (χ3n) is 1.79. The van der Waals surface area contributed by atoms with Gasteiger partial charge in [0.25, 0.3) is 0 Å². The van der Waals surface area contributed by atoms with Gasteiger partial charge < -0.3 is 15.2 Å². The van der Waals surface area contributed by atoms with Crippen LogP contribution in [0.15, 0.2) is 29.3 Å². The number of hydrogen-bond donors (Lipinski definition) is 1. The summed E-state index contributed by atoms with van der Waals surface area (Å²) < 4.78 is 0. The normalized spacial score (nSPS) is 11.9. The SMILES string of the molecule is CCC/C=C/CCCN=C([O-])/C=C/C(=O)O.[Na+]. The summed E-state index contributed by atoms with van der Waals surface area (Å²) in [7, 11) is 0. The zero-order valence-corrected chi connectivity index (χ0v) is 12.6. The predicted molar refractivity (Wildman–Crippen MR) is 62.4 cm³/mol. The van der Waals surface area contributed by atoms with Crippen LogP contribution in [0.1, 0.15) is 32.6 Å². The molecule has 0 aliphatic rings. The Hall–Kier alpha value is -0.580. The molecule has 0 bridgehead atoms. The van der Waals surface area contributed by atoms with E-state index in [1.165, 1.54) is 0 Å². The Labute approximate surface area is 124 Å². The largest absolute Gasteiger partial charge is 1.00 e. The second-order valence-electron chi connectivity index (χ2n) is 3.29. The van der Waals surface area contributed by atoms with Crippen molar-refractivity contribution in [2.24, 2.45) is 4.99 Å². The first-order chi connectivity index (χ1) is 7.66. The number of nitrogens with zero attached hydrogens (tertiary/aromatic N) is 1. The van der Waals surface area contributed by atoms with Gasteiger partial charge in [0.2, 0.25) is 0 Å². The van der Waals surface area contributed by atoms with E-state index in [-0.39, 0.29) is 29.6 Å². The van der Waals surface area contributed by atoms with Gasteiger partial charge in [-0.25, -0.2) is 4.79 Å². The van der Waals surface area contributed by atoms with Crippen LogP contribution in [0.25, 0.3) is 0 Å². The average molecular weight is 247 g/mol. The maximum atomic E-state index is 10.9. The first-order valence-corrected chi connectivity index (χ1v) is 5.44. The summed E-state index contributed by atoms with van der Waals surface area (Å²) in [5.41, 5.74) is 0. The quantitative estimate of drug-likeness (QED) is 0.142. The molecular weight excluding hydrogens is 229 g/mol. The number of aliphatic carboxylic acids is 1. The molecule has 0 atom stereocenters. The van der Waals surface area contributed by atoms with Crippen LogP contribution < -0.4 is 34.7 Å². The van der Waals surface area contributed by atoms with Crippen LogP contribution in [0.4, 0.5) is 0 Å². The molecule has 0 aromatic carbocycles. The number of carboxylic acid groups (broad SMARTS) is 1. The smallest absolute Gasteiger partial charge is 0.859 e. The van der Waals surface area contributed by atoms with Crippen LogP contribution in [0.3, 0.4) is 0 Å². The number of rotatable bonds is 8. The van der Waals surface area contributed by atoms with Crippen molar-refractivity contribution in [1.82, 2.24) is 0 Å². The van der Waals surface area contributed by atoms with Gasteiger partial charge in [-0.15, -0.1) is 0 Å². The summed E-state index contributed by atoms with van der Waals surface area (Å²) in [5, 5.41) is 19.2. The van der Waals surface area contributed by atoms with Gasteiger partial charge in [0.15, 0.2) is 0 Å². The third kappa shape index (κ3) is 15.4. The van der Waals surface area contributed by atoms with Crippen LogP contribution in [0.2, 0.25) is 0 Å². The van der Waals surface area contributed by atoms with E-state index in [1.807, 2.05) is 0 Å². The van der Waals surface area contributed by atoms with Crippen molar-refractivity contribution >= 4 is 11.9 Å². The molecule has 0 fully saturated rings. The fourth-order valence-corrected chi connectivity index (χ4v) is 0.996. The first-order valence-electron chi connectivity index (χ1n) is 5.44. The zero-order valence-electron chi connectivity index (χ0n) is 10.6. The van der Waals surface area contributed by atoms with E-state index in [0.29, 0.717) is 6.54 Å². The molecule has 0 aromatic rings. The zero-order chi connectivity index (χ0) is 12.2. The van der Waals surface area contributed by atoms with E-state index < -0.39 is 11.9 Å². The van der Waals surface area contributed by atoms with E-state index in [9.17, 15) is 9.90 Å². The van der Waals surface area contributed by atoms with Crippen molar-refractivity contribution in [2.75, 3.05) is 6.54 Å². The Morgan fingerprint density at radius 2 is 1.94 bits per heavy atom. The third-order valence-corrected chi connectivity index (χ3v) is 1.79. The minimum Gasteiger partial charge on any atom is -0.859 e. The monoisotopic (exact) mass is 247 g/mol. The molecule has 0 rings (SSSR count). The maximum absolute atomic E-state index is 10.9. The molecule has 4 nitrogen and oxygen atoms in total. The number of hydrogen-bond acceptors (Lipinski definition) is 3. The van der Waals surface area contributed by atoms with Crippen LogP contribution >= 0.6 is 0 Å². The summed E-state index contributed by atoms with van der Waals surface area (Å²) >= 11 is 0. The molecule has 0 saturated carbocycles. The van der Waals surface area contributed by atoms with Crippen LogP contribution in [-0.4, -0.2) is 23.5 Å². The maximum Gasteiger partial charge on any atom is 1.00 e. The molecule has 0 spiro atoms. The van der Waals surface area contributed by atoms with Crippen molar-refractivity contribution in [1.29, 1.82) is 0 Å².